The maximum atomic E-state index is 12.7. The van der Waals surface area contributed by atoms with E-state index in [9.17, 15) is 4.79 Å². The first-order valence-corrected chi connectivity index (χ1v) is 9.91. The lowest BCUT2D eigenvalue weighted by Gasteiger charge is -2.02. The molecule has 0 N–H and O–H groups in total. The zero-order valence-electron chi connectivity index (χ0n) is 11.7. The van der Waals surface area contributed by atoms with Crippen molar-refractivity contribution >= 4 is 61.8 Å². The number of fused-ring (bicyclic) bond motifs is 1. The second-order valence-electron chi connectivity index (χ2n) is 4.49. The predicted molar refractivity (Wildman–Crippen MR) is 93.9 cm³/mol. The summed E-state index contributed by atoms with van der Waals surface area (Å²) in [5.74, 6) is -0.0647. The molecule has 0 aliphatic heterocycles. The molecule has 4 aromatic heterocycles. The highest BCUT2D eigenvalue weighted by atomic mass is 32.2. The van der Waals surface area contributed by atoms with Gasteiger partial charge in [0.15, 0.2) is 9.50 Å². The van der Waals surface area contributed by atoms with Crippen LogP contribution in [0.15, 0.2) is 38.5 Å². The summed E-state index contributed by atoms with van der Waals surface area (Å²) in [5, 5.41) is 13.3. The Hall–Kier alpha value is -1.68. The first-order chi connectivity index (χ1) is 11.2. The molecule has 114 valence electrons. The molecule has 0 bridgehead atoms. The lowest BCUT2D eigenvalue weighted by molar-refractivity contribution is 0.103. The van der Waals surface area contributed by atoms with E-state index in [1.807, 2.05) is 35.9 Å². The highest BCUT2D eigenvalue weighted by Crippen LogP contribution is 2.32. The van der Waals surface area contributed by atoms with Gasteiger partial charge in [-0.25, -0.2) is 9.97 Å². The molecule has 4 aromatic rings. The van der Waals surface area contributed by atoms with Crippen molar-refractivity contribution in [2.24, 2.45) is 0 Å². The molecule has 0 fully saturated rings. The summed E-state index contributed by atoms with van der Waals surface area (Å²) in [6.45, 7) is 1.90. The first kappa shape index (κ1) is 14.9. The van der Waals surface area contributed by atoms with Crippen molar-refractivity contribution in [1.29, 1.82) is 0 Å². The fourth-order valence-corrected chi connectivity index (χ4v) is 5.13. The van der Waals surface area contributed by atoms with E-state index in [2.05, 4.69) is 20.2 Å². The third-order valence-corrected chi connectivity index (χ3v) is 6.46. The van der Waals surface area contributed by atoms with Gasteiger partial charge in [0.1, 0.15) is 10.7 Å². The summed E-state index contributed by atoms with van der Waals surface area (Å²) in [5.41, 5.74) is 1.24. The van der Waals surface area contributed by atoms with E-state index < -0.39 is 0 Å². The lowest BCUT2D eigenvalue weighted by atomic mass is 10.2. The lowest BCUT2D eigenvalue weighted by Crippen LogP contribution is -2.04. The Morgan fingerprint density at radius 1 is 1.13 bits per heavy atom. The number of hydrogen-bond acceptors (Lipinski definition) is 9. The summed E-state index contributed by atoms with van der Waals surface area (Å²) in [7, 11) is 0. The number of thiophene rings is 2. The van der Waals surface area contributed by atoms with Crippen molar-refractivity contribution in [2.45, 2.75) is 16.4 Å². The van der Waals surface area contributed by atoms with Gasteiger partial charge in [0.05, 0.1) is 15.1 Å². The van der Waals surface area contributed by atoms with Gasteiger partial charge in [-0.2, -0.15) is 0 Å². The Morgan fingerprint density at radius 2 is 2.04 bits per heavy atom. The molecule has 23 heavy (non-hydrogen) atoms. The number of aromatic nitrogens is 4. The van der Waals surface area contributed by atoms with Crippen molar-refractivity contribution < 1.29 is 4.79 Å². The summed E-state index contributed by atoms with van der Waals surface area (Å²) in [6, 6.07) is 5.59. The Bertz CT molecular complexity index is 989. The van der Waals surface area contributed by atoms with E-state index in [0.29, 0.717) is 15.7 Å². The molecule has 4 heterocycles. The molecule has 0 unspecified atom stereocenters. The fourth-order valence-electron chi connectivity index (χ4n) is 1.96. The summed E-state index contributed by atoms with van der Waals surface area (Å²) >= 11 is 5.72. The number of carbonyl (C=O) groups excluding carboxylic acids is 1. The molecule has 0 aliphatic rings. The van der Waals surface area contributed by atoms with Crippen LogP contribution in [0.1, 0.15) is 20.4 Å². The quantitative estimate of drug-likeness (QED) is 0.391. The van der Waals surface area contributed by atoms with Gasteiger partial charge in [-0.15, -0.1) is 32.9 Å². The SMILES string of the molecule is Cc1nnc(Sc2nc(C(=O)c3cccs3)c3sccc3n2)s1. The molecule has 5 nitrogen and oxygen atoms in total. The molecule has 0 amide bonds. The molecule has 0 radical (unpaired) electrons. The normalized spacial score (nSPS) is 11.2. The summed E-state index contributed by atoms with van der Waals surface area (Å²) in [4.78, 5) is 22.4. The Morgan fingerprint density at radius 3 is 2.78 bits per heavy atom. The van der Waals surface area contributed by atoms with Crippen LogP contribution in [0.3, 0.4) is 0 Å². The Labute approximate surface area is 147 Å². The van der Waals surface area contributed by atoms with E-state index in [-0.39, 0.29) is 5.78 Å². The average Bonchev–Trinajstić information content (AvgIpc) is 3.26. The van der Waals surface area contributed by atoms with Crippen LogP contribution in [0, 0.1) is 6.92 Å². The number of hydrogen-bond donors (Lipinski definition) is 0. The van der Waals surface area contributed by atoms with Crippen LogP contribution in [0.5, 0.6) is 0 Å². The van der Waals surface area contributed by atoms with Crippen molar-refractivity contribution in [3.8, 4) is 0 Å². The van der Waals surface area contributed by atoms with Gasteiger partial charge in [-0.3, -0.25) is 4.79 Å². The van der Waals surface area contributed by atoms with Crippen LogP contribution >= 0.6 is 45.8 Å². The van der Waals surface area contributed by atoms with E-state index in [4.69, 9.17) is 0 Å². The van der Waals surface area contributed by atoms with Crippen molar-refractivity contribution in [1.82, 2.24) is 20.2 Å². The monoisotopic (exact) mass is 376 g/mol. The number of rotatable bonds is 4. The van der Waals surface area contributed by atoms with Gasteiger partial charge in [0.2, 0.25) is 5.78 Å². The predicted octanol–water partition coefficient (Wildman–Crippen LogP) is 4.29. The van der Waals surface area contributed by atoms with Gasteiger partial charge in [-0.1, -0.05) is 17.4 Å². The van der Waals surface area contributed by atoms with Crippen LogP contribution in [0.4, 0.5) is 0 Å². The van der Waals surface area contributed by atoms with Gasteiger partial charge in [0, 0.05) is 0 Å². The molecule has 0 atom stereocenters. The van der Waals surface area contributed by atoms with Gasteiger partial charge < -0.3 is 0 Å². The largest absolute Gasteiger partial charge is 0.286 e. The highest BCUT2D eigenvalue weighted by Gasteiger charge is 2.19. The first-order valence-electron chi connectivity index (χ1n) is 6.52. The van der Waals surface area contributed by atoms with Gasteiger partial charge in [0.25, 0.3) is 0 Å². The fraction of sp³-hybridized carbons (Fsp3) is 0.0714. The minimum atomic E-state index is -0.0647. The van der Waals surface area contributed by atoms with Crippen LogP contribution < -0.4 is 0 Å². The topological polar surface area (TPSA) is 68.6 Å². The van der Waals surface area contributed by atoms with Crippen LogP contribution in [-0.2, 0) is 0 Å². The summed E-state index contributed by atoms with van der Waals surface area (Å²) in [6.07, 6.45) is 0. The molecule has 9 heteroatoms. The van der Waals surface area contributed by atoms with Crippen LogP contribution in [0.2, 0.25) is 0 Å². The molecule has 0 aliphatic carbocycles. The average molecular weight is 377 g/mol. The van der Waals surface area contributed by atoms with Crippen LogP contribution in [-0.4, -0.2) is 25.9 Å². The van der Waals surface area contributed by atoms with Crippen molar-refractivity contribution in [2.75, 3.05) is 0 Å². The third kappa shape index (κ3) is 2.92. The second kappa shape index (κ2) is 6.08. The molecular formula is C14H8N4OS4. The van der Waals surface area contributed by atoms with E-state index in [0.717, 1.165) is 19.6 Å². The van der Waals surface area contributed by atoms with Crippen molar-refractivity contribution in [3.63, 3.8) is 0 Å². The molecule has 0 spiro atoms. The van der Waals surface area contributed by atoms with E-state index >= 15 is 0 Å². The zero-order chi connectivity index (χ0) is 15.8. The zero-order valence-corrected chi connectivity index (χ0v) is 15.0. The third-order valence-electron chi connectivity index (χ3n) is 2.93. The van der Waals surface area contributed by atoms with Gasteiger partial charge >= 0.3 is 0 Å². The van der Waals surface area contributed by atoms with E-state index in [1.54, 1.807) is 0 Å². The second-order valence-corrected chi connectivity index (χ2v) is 8.75. The molecular weight excluding hydrogens is 368 g/mol. The maximum Gasteiger partial charge on any atom is 0.222 e. The maximum absolute atomic E-state index is 12.7. The molecule has 0 saturated carbocycles. The molecule has 4 rings (SSSR count). The highest BCUT2D eigenvalue weighted by molar-refractivity contribution is 8.00. The molecule has 0 aromatic carbocycles. The number of nitrogens with zero attached hydrogens (tertiary/aromatic N) is 4. The number of aryl methyl sites for hydroxylation is 1. The number of carbonyl (C=O) groups is 1. The number of ketones is 1. The Balaban J connectivity index is 1.79. The minimum absolute atomic E-state index is 0.0647. The van der Waals surface area contributed by atoms with Crippen molar-refractivity contribution in [3.05, 3.63) is 44.5 Å². The molecule has 0 saturated heterocycles. The van der Waals surface area contributed by atoms with Crippen LogP contribution in [0.25, 0.3) is 10.2 Å². The van der Waals surface area contributed by atoms with Gasteiger partial charge in [-0.05, 0) is 41.6 Å². The summed E-state index contributed by atoms with van der Waals surface area (Å²) < 4.78 is 1.59. The standard InChI is InChI=1S/C14H8N4OS4/c1-7-17-18-14(22-7)23-13-15-8-4-6-21-12(8)10(16-13)11(19)9-3-2-5-20-9/h2-6H,1H3. The smallest absolute Gasteiger partial charge is 0.222 e. The Kier molecular flexibility index (Phi) is 3.93. The van der Waals surface area contributed by atoms with E-state index in [1.165, 1.54) is 45.8 Å². The minimum Gasteiger partial charge on any atom is -0.286 e.